The molecule has 7 nitrogen and oxygen atoms in total. The number of amides is 1. The first-order chi connectivity index (χ1) is 20.0. The average molecular weight is 599 g/mol. The Bertz CT molecular complexity index is 1900. The number of anilines is 2. The number of nitrogens with one attached hydrogen (secondary N) is 1. The monoisotopic (exact) mass is 598 g/mol. The molecule has 0 fully saturated rings. The van der Waals surface area contributed by atoms with Gasteiger partial charge in [-0.05, 0) is 30.3 Å². The van der Waals surface area contributed by atoms with Gasteiger partial charge in [-0.3, -0.25) is 10.1 Å². The third-order valence-electron chi connectivity index (χ3n) is 6.55. The van der Waals surface area contributed by atoms with Crippen LogP contribution in [0.1, 0.15) is 9.67 Å². The predicted octanol–water partition coefficient (Wildman–Crippen LogP) is 8.26. The number of nitrogen functional groups attached to an aromatic ring is 1. The summed E-state index contributed by atoms with van der Waals surface area (Å²) in [7, 11) is 3.23. The number of carbonyl (C=O) groups is 1. The fraction of sp³-hybridized carbons (Fsp3) is 0.0645. The van der Waals surface area contributed by atoms with E-state index in [1.807, 2.05) is 78.2 Å². The molecule has 6 rings (SSSR count). The summed E-state index contributed by atoms with van der Waals surface area (Å²) in [6.07, 6.45) is 0. The molecule has 0 atom stereocenters. The number of methoxy groups -OCH3 is 2. The van der Waals surface area contributed by atoms with Crippen molar-refractivity contribution in [1.29, 1.82) is 0 Å². The third-order valence-corrected chi connectivity index (χ3v) is 8.73. The van der Waals surface area contributed by atoms with E-state index in [2.05, 4.69) is 10.3 Å². The summed E-state index contributed by atoms with van der Waals surface area (Å²) < 4.78 is 11.2. The molecule has 0 aliphatic heterocycles. The second-order valence-electron chi connectivity index (χ2n) is 8.98. The first-order valence-electron chi connectivity index (χ1n) is 12.5. The Morgan fingerprint density at radius 2 is 1.66 bits per heavy atom. The first kappa shape index (κ1) is 26.8. The minimum atomic E-state index is -0.365. The van der Waals surface area contributed by atoms with Gasteiger partial charge in [-0.2, -0.15) is 0 Å². The molecule has 0 spiro atoms. The number of carbonyl (C=O) groups excluding carboxylic acids is 1. The molecule has 0 unspecified atom stereocenters. The van der Waals surface area contributed by atoms with Crippen LogP contribution in [0.3, 0.4) is 0 Å². The first-order valence-corrected chi connectivity index (χ1v) is 14.6. The number of nitrogens with two attached hydrogens (primary N) is 1. The van der Waals surface area contributed by atoms with E-state index in [1.54, 1.807) is 20.3 Å². The number of ether oxygens (including phenoxy) is 2. The van der Waals surface area contributed by atoms with Crippen LogP contribution in [0, 0.1) is 0 Å². The van der Waals surface area contributed by atoms with Gasteiger partial charge in [0, 0.05) is 38.0 Å². The lowest BCUT2D eigenvalue weighted by Gasteiger charge is -2.13. The summed E-state index contributed by atoms with van der Waals surface area (Å²) in [5.41, 5.74) is 11.7. The van der Waals surface area contributed by atoms with Crippen molar-refractivity contribution in [3.63, 3.8) is 0 Å². The highest BCUT2D eigenvalue weighted by Gasteiger charge is 2.24. The maximum absolute atomic E-state index is 13.5. The number of pyridine rings is 1. The molecule has 3 aromatic carbocycles. The molecule has 6 aromatic rings. The average Bonchev–Trinajstić information content (AvgIpc) is 3.61. The van der Waals surface area contributed by atoms with Crippen molar-refractivity contribution in [1.82, 2.24) is 9.97 Å². The van der Waals surface area contributed by atoms with Gasteiger partial charge < -0.3 is 15.2 Å². The normalized spacial score (nSPS) is 11.0. The Kier molecular flexibility index (Phi) is 7.32. The molecular formula is C31H23ClN4O3S2. The van der Waals surface area contributed by atoms with Gasteiger partial charge in [0.2, 0.25) is 0 Å². The molecule has 0 aliphatic carbocycles. The number of aromatic nitrogens is 2. The minimum absolute atomic E-state index is 0.331. The Labute approximate surface area is 249 Å². The Balaban J connectivity index is 1.46. The topological polar surface area (TPSA) is 99.4 Å². The fourth-order valence-electron chi connectivity index (χ4n) is 4.56. The Morgan fingerprint density at radius 1 is 0.878 bits per heavy atom. The summed E-state index contributed by atoms with van der Waals surface area (Å²) in [6, 6.07) is 24.8. The van der Waals surface area contributed by atoms with E-state index >= 15 is 0 Å². The van der Waals surface area contributed by atoms with E-state index in [0.717, 1.165) is 27.9 Å². The second-order valence-corrected chi connectivity index (χ2v) is 11.2. The van der Waals surface area contributed by atoms with Crippen molar-refractivity contribution in [2.24, 2.45) is 0 Å². The van der Waals surface area contributed by atoms with Crippen LogP contribution >= 0.6 is 34.3 Å². The minimum Gasteiger partial charge on any atom is -0.497 e. The van der Waals surface area contributed by atoms with Crippen molar-refractivity contribution in [2.75, 3.05) is 25.3 Å². The number of hydrogen-bond acceptors (Lipinski definition) is 8. The zero-order valence-corrected chi connectivity index (χ0v) is 24.4. The lowest BCUT2D eigenvalue weighted by atomic mass is 9.98. The summed E-state index contributed by atoms with van der Waals surface area (Å²) in [5.74, 6) is 0.941. The van der Waals surface area contributed by atoms with E-state index in [-0.39, 0.29) is 5.91 Å². The van der Waals surface area contributed by atoms with Crippen LogP contribution in [0.4, 0.5) is 10.8 Å². The van der Waals surface area contributed by atoms with Crippen LogP contribution in [0.15, 0.2) is 84.2 Å². The lowest BCUT2D eigenvalue weighted by molar-refractivity contribution is 0.103. The van der Waals surface area contributed by atoms with Crippen LogP contribution < -0.4 is 20.5 Å². The standard InChI is InChI=1S/C31H23ClN4O3S2/c1-38-18-12-13-25(39-2)20(14-18)21-15-23(17-8-4-3-5-9-17)34-30-26(21)27(33)28(41-30)29(37)36-31-35-24(16-40-31)19-10-6-7-11-22(19)32/h3-16H,33H2,1-2H3,(H,35,36,37). The largest absolute Gasteiger partial charge is 0.497 e. The van der Waals surface area contributed by atoms with Gasteiger partial charge in [-0.15, -0.1) is 22.7 Å². The van der Waals surface area contributed by atoms with Crippen LogP contribution in [0.5, 0.6) is 11.5 Å². The number of thiazole rings is 1. The maximum Gasteiger partial charge on any atom is 0.269 e. The molecule has 0 bridgehead atoms. The maximum atomic E-state index is 13.5. The van der Waals surface area contributed by atoms with Crippen LogP contribution in [-0.2, 0) is 0 Å². The highest BCUT2D eigenvalue weighted by molar-refractivity contribution is 7.21. The molecule has 0 radical (unpaired) electrons. The molecule has 41 heavy (non-hydrogen) atoms. The van der Waals surface area contributed by atoms with E-state index in [0.29, 0.717) is 48.1 Å². The number of nitrogens with zero attached hydrogens (tertiary/aromatic N) is 2. The number of halogens is 1. The number of benzene rings is 3. The van der Waals surface area contributed by atoms with Crippen molar-refractivity contribution in [3.8, 4) is 45.1 Å². The number of rotatable bonds is 7. The van der Waals surface area contributed by atoms with Crippen molar-refractivity contribution in [3.05, 3.63) is 94.1 Å². The zero-order valence-electron chi connectivity index (χ0n) is 22.0. The van der Waals surface area contributed by atoms with E-state index in [9.17, 15) is 4.79 Å². The summed E-state index contributed by atoms with van der Waals surface area (Å²) in [5, 5.41) is 6.45. The fourth-order valence-corrected chi connectivity index (χ4v) is 6.51. The predicted molar refractivity (Wildman–Crippen MR) is 169 cm³/mol. The van der Waals surface area contributed by atoms with E-state index in [1.165, 1.54) is 22.7 Å². The number of hydrogen-bond donors (Lipinski definition) is 2. The van der Waals surface area contributed by atoms with E-state index < -0.39 is 0 Å². The van der Waals surface area contributed by atoms with Gasteiger partial charge in [0.15, 0.2) is 5.13 Å². The second kappa shape index (κ2) is 11.2. The third kappa shape index (κ3) is 5.11. The molecule has 3 N–H and O–H groups in total. The molecule has 10 heteroatoms. The number of fused-ring (bicyclic) bond motifs is 1. The molecular weight excluding hydrogens is 576 g/mol. The summed E-state index contributed by atoms with van der Waals surface area (Å²) >= 11 is 8.88. The van der Waals surface area contributed by atoms with Gasteiger partial charge in [0.1, 0.15) is 21.2 Å². The van der Waals surface area contributed by atoms with Gasteiger partial charge in [0.05, 0.1) is 31.3 Å². The molecule has 1 amide bonds. The highest BCUT2D eigenvalue weighted by atomic mass is 35.5. The molecule has 204 valence electrons. The molecule has 0 saturated heterocycles. The summed E-state index contributed by atoms with van der Waals surface area (Å²) in [6.45, 7) is 0. The Morgan fingerprint density at radius 3 is 2.41 bits per heavy atom. The lowest BCUT2D eigenvalue weighted by Crippen LogP contribution is -2.11. The summed E-state index contributed by atoms with van der Waals surface area (Å²) in [4.78, 5) is 24.0. The molecule has 3 aromatic heterocycles. The van der Waals surface area contributed by atoms with Crippen molar-refractivity contribution < 1.29 is 14.3 Å². The van der Waals surface area contributed by atoms with Crippen molar-refractivity contribution in [2.45, 2.75) is 0 Å². The van der Waals surface area contributed by atoms with Crippen molar-refractivity contribution >= 4 is 61.2 Å². The smallest absolute Gasteiger partial charge is 0.269 e. The zero-order chi connectivity index (χ0) is 28.5. The van der Waals surface area contributed by atoms with Gasteiger partial charge in [0.25, 0.3) is 5.91 Å². The molecule has 0 aliphatic rings. The molecule has 3 heterocycles. The van der Waals surface area contributed by atoms with Crippen LogP contribution in [0.2, 0.25) is 5.02 Å². The van der Waals surface area contributed by atoms with Crippen LogP contribution in [-0.4, -0.2) is 30.1 Å². The van der Waals surface area contributed by atoms with Gasteiger partial charge in [-0.1, -0.05) is 60.1 Å². The highest BCUT2D eigenvalue weighted by Crippen LogP contribution is 2.45. The van der Waals surface area contributed by atoms with Gasteiger partial charge >= 0.3 is 0 Å². The quantitative estimate of drug-likeness (QED) is 0.192. The van der Waals surface area contributed by atoms with Gasteiger partial charge in [-0.25, -0.2) is 9.97 Å². The van der Waals surface area contributed by atoms with Crippen LogP contribution in [0.25, 0.3) is 43.9 Å². The SMILES string of the molecule is COc1ccc(OC)c(-c2cc(-c3ccccc3)nc3sc(C(=O)Nc4nc(-c5ccccc5Cl)cs4)c(N)c23)c1. The Hall–Kier alpha value is -4.44. The van der Waals surface area contributed by atoms with E-state index in [4.69, 9.17) is 31.8 Å². The molecule has 0 saturated carbocycles. The number of thiophene rings is 1.